The number of hydrogen-bond donors (Lipinski definition) is 2. The molecule has 6 nitrogen and oxygen atoms in total. The van der Waals surface area contributed by atoms with Crippen LogP contribution in [0.3, 0.4) is 0 Å². The molecule has 2 N–H and O–H groups in total. The Hall–Kier alpha value is -2.79. The number of rotatable bonds is 8. The van der Waals surface area contributed by atoms with Crippen molar-refractivity contribution in [3.63, 3.8) is 0 Å². The number of nitrogens with zero attached hydrogens (tertiary/aromatic N) is 3. The molecule has 0 unspecified atom stereocenters. The van der Waals surface area contributed by atoms with Crippen LogP contribution >= 0.6 is 23.2 Å². The van der Waals surface area contributed by atoms with Crippen molar-refractivity contribution in [3.8, 4) is 5.75 Å². The standard InChI is InChI=1S/C27H27Cl2N3O3/c1-30-22-8-4-20(5-9-22)27(34)18-31-12-13-32(26(17-31)19-2-6-21(28)7-3-19)25-11-10-23(16-24(25)29)35-15-14-33/h2-11,16,26-27,33-34H,12-15,17-18H2/t26-,27-/m0/s1. The van der Waals surface area contributed by atoms with Crippen LogP contribution in [0.2, 0.25) is 10.0 Å². The Morgan fingerprint density at radius 1 is 1.03 bits per heavy atom. The van der Waals surface area contributed by atoms with E-state index in [0.717, 1.165) is 23.4 Å². The van der Waals surface area contributed by atoms with E-state index in [1.807, 2.05) is 48.5 Å². The van der Waals surface area contributed by atoms with Gasteiger partial charge in [-0.1, -0.05) is 59.6 Å². The fourth-order valence-electron chi connectivity index (χ4n) is 4.36. The van der Waals surface area contributed by atoms with Crippen molar-refractivity contribution in [2.24, 2.45) is 0 Å². The van der Waals surface area contributed by atoms with Crippen molar-refractivity contribution in [2.75, 3.05) is 44.3 Å². The Balaban J connectivity index is 1.55. The topological polar surface area (TPSA) is 60.5 Å². The molecule has 1 fully saturated rings. The zero-order valence-corrected chi connectivity index (χ0v) is 20.7. The van der Waals surface area contributed by atoms with Crippen LogP contribution < -0.4 is 9.64 Å². The van der Waals surface area contributed by atoms with Crippen molar-refractivity contribution < 1.29 is 14.9 Å². The van der Waals surface area contributed by atoms with Gasteiger partial charge in [0.15, 0.2) is 5.69 Å². The van der Waals surface area contributed by atoms with Gasteiger partial charge in [-0.3, -0.25) is 4.90 Å². The summed E-state index contributed by atoms with van der Waals surface area (Å²) in [6.45, 7) is 9.90. The molecule has 8 heteroatoms. The van der Waals surface area contributed by atoms with Gasteiger partial charge in [0, 0.05) is 37.3 Å². The monoisotopic (exact) mass is 511 g/mol. The molecular weight excluding hydrogens is 485 g/mol. The summed E-state index contributed by atoms with van der Waals surface area (Å²) in [7, 11) is 0. The molecule has 35 heavy (non-hydrogen) atoms. The molecular formula is C27H27Cl2N3O3. The quantitative estimate of drug-likeness (QED) is 0.390. The second-order valence-corrected chi connectivity index (χ2v) is 9.27. The number of anilines is 1. The minimum Gasteiger partial charge on any atom is -0.491 e. The summed E-state index contributed by atoms with van der Waals surface area (Å²) < 4.78 is 5.50. The molecule has 0 bridgehead atoms. The summed E-state index contributed by atoms with van der Waals surface area (Å²) >= 11 is 12.8. The normalized spacial score (nSPS) is 17.1. The first-order valence-corrected chi connectivity index (χ1v) is 12.2. The van der Waals surface area contributed by atoms with E-state index >= 15 is 0 Å². The number of halogens is 2. The lowest BCUT2D eigenvalue weighted by atomic mass is 10.00. The number of aliphatic hydroxyl groups is 2. The van der Waals surface area contributed by atoms with Crippen molar-refractivity contribution in [3.05, 3.63) is 99.3 Å². The average molecular weight is 512 g/mol. The fourth-order valence-corrected chi connectivity index (χ4v) is 4.76. The van der Waals surface area contributed by atoms with Gasteiger partial charge in [0.05, 0.1) is 36.0 Å². The lowest BCUT2D eigenvalue weighted by Crippen LogP contribution is -2.49. The van der Waals surface area contributed by atoms with Crippen LogP contribution in [0.15, 0.2) is 66.7 Å². The molecule has 0 spiro atoms. The smallest absolute Gasteiger partial charge is 0.187 e. The summed E-state index contributed by atoms with van der Waals surface area (Å²) in [5, 5.41) is 21.1. The van der Waals surface area contributed by atoms with Gasteiger partial charge in [0.1, 0.15) is 12.4 Å². The van der Waals surface area contributed by atoms with Crippen LogP contribution in [0.25, 0.3) is 4.85 Å². The highest BCUT2D eigenvalue weighted by Crippen LogP contribution is 2.37. The summed E-state index contributed by atoms with van der Waals surface area (Å²) in [5.74, 6) is 0.613. The number of piperazine rings is 1. The zero-order chi connectivity index (χ0) is 24.8. The number of ether oxygens (including phenoxy) is 1. The van der Waals surface area contributed by atoms with Gasteiger partial charge in [0.2, 0.25) is 0 Å². The van der Waals surface area contributed by atoms with Crippen LogP contribution in [-0.2, 0) is 0 Å². The molecule has 1 aliphatic rings. The van der Waals surface area contributed by atoms with Gasteiger partial charge >= 0.3 is 0 Å². The Labute approximate surface area is 215 Å². The predicted octanol–water partition coefficient (Wildman–Crippen LogP) is 5.51. The molecule has 1 aliphatic heterocycles. The van der Waals surface area contributed by atoms with Gasteiger partial charge in [-0.05, 0) is 35.4 Å². The SMILES string of the molecule is [C-]#[N+]c1ccc([C@@H](O)CN2CCN(c3ccc(OCCO)cc3Cl)[C@H](c3ccc(Cl)cc3)C2)cc1. The molecule has 0 saturated carbocycles. The van der Waals surface area contributed by atoms with Crippen LogP contribution in [-0.4, -0.2) is 54.5 Å². The Kier molecular flexibility index (Phi) is 8.50. The molecule has 1 saturated heterocycles. The highest BCUT2D eigenvalue weighted by Gasteiger charge is 2.31. The summed E-state index contributed by atoms with van der Waals surface area (Å²) in [6, 6.07) is 20.5. The van der Waals surface area contributed by atoms with Gasteiger partial charge < -0.3 is 19.8 Å². The Morgan fingerprint density at radius 2 is 1.77 bits per heavy atom. The number of hydrogen-bond acceptors (Lipinski definition) is 5. The molecule has 0 aliphatic carbocycles. The van der Waals surface area contributed by atoms with Crippen LogP contribution in [0.4, 0.5) is 11.4 Å². The zero-order valence-electron chi connectivity index (χ0n) is 19.1. The number of benzene rings is 3. The summed E-state index contributed by atoms with van der Waals surface area (Å²) in [6.07, 6.45) is -0.654. The van der Waals surface area contributed by atoms with Crippen LogP contribution in [0.1, 0.15) is 23.3 Å². The largest absolute Gasteiger partial charge is 0.491 e. The number of aliphatic hydroxyl groups excluding tert-OH is 2. The van der Waals surface area contributed by atoms with E-state index in [-0.39, 0.29) is 19.3 Å². The molecule has 0 amide bonds. The second-order valence-electron chi connectivity index (χ2n) is 8.42. The Bertz CT molecular complexity index is 1170. The molecule has 182 valence electrons. The van der Waals surface area contributed by atoms with E-state index in [1.54, 1.807) is 18.2 Å². The highest BCUT2D eigenvalue weighted by atomic mass is 35.5. The van der Waals surface area contributed by atoms with E-state index in [2.05, 4.69) is 14.6 Å². The highest BCUT2D eigenvalue weighted by molar-refractivity contribution is 6.33. The van der Waals surface area contributed by atoms with E-state index in [1.165, 1.54) is 0 Å². The first kappa shape index (κ1) is 25.3. The maximum absolute atomic E-state index is 10.9. The van der Waals surface area contributed by atoms with E-state index in [9.17, 15) is 5.11 Å². The molecule has 1 heterocycles. The van der Waals surface area contributed by atoms with Crippen molar-refractivity contribution in [1.29, 1.82) is 0 Å². The summed E-state index contributed by atoms with van der Waals surface area (Å²) in [4.78, 5) is 7.93. The van der Waals surface area contributed by atoms with Crippen molar-refractivity contribution in [2.45, 2.75) is 12.1 Å². The summed E-state index contributed by atoms with van der Waals surface area (Å²) in [5.41, 5.74) is 3.36. The van der Waals surface area contributed by atoms with Crippen LogP contribution in [0.5, 0.6) is 5.75 Å². The lowest BCUT2D eigenvalue weighted by molar-refractivity contribution is 0.100. The third kappa shape index (κ3) is 6.26. The molecule has 4 rings (SSSR count). The third-order valence-electron chi connectivity index (χ3n) is 6.15. The van der Waals surface area contributed by atoms with Gasteiger partial charge in [-0.15, -0.1) is 0 Å². The van der Waals surface area contributed by atoms with E-state index in [4.69, 9.17) is 39.6 Å². The van der Waals surface area contributed by atoms with Gasteiger partial charge in [-0.25, -0.2) is 4.85 Å². The predicted molar refractivity (Wildman–Crippen MR) is 140 cm³/mol. The first-order chi connectivity index (χ1) is 17.0. The van der Waals surface area contributed by atoms with Gasteiger partial charge in [-0.2, -0.15) is 0 Å². The average Bonchev–Trinajstić information content (AvgIpc) is 2.88. The van der Waals surface area contributed by atoms with E-state index < -0.39 is 6.10 Å². The fraction of sp³-hybridized carbons (Fsp3) is 0.296. The van der Waals surface area contributed by atoms with Crippen molar-refractivity contribution >= 4 is 34.6 Å². The van der Waals surface area contributed by atoms with Crippen molar-refractivity contribution in [1.82, 2.24) is 4.90 Å². The van der Waals surface area contributed by atoms with Gasteiger partial charge in [0.25, 0.3) is 0 Å². The molecule has 0 aromatic heterocycles. The van der Waals surface area contributed by atoms with Crippen LogP contribution in [0, 0.1) is 6.57 Å². The molecule has 2 atom stereocenters. The Morgan fingerprint density at radius 3 is 2.43 bits per heavy atom. The first-order valence-electron chi connectivity index (χ1n) is 11.4. The molecule has 0 radical (unpaired) electrons. The molecule has 3 aromatic carbocycles. The maximum Gasteiger partial charge on any atom is 0.187 e. The minimum absolute atomic E-state index is 0.000539. The molecule has 3 aromatic rings. The minimum atomic E-state index is -0.654. The third-order valence-corrected chi connectivity index (χ3v) is 6.70. The van der Waals surface area contributed by atoms with E-state index in [0.29, 0.717) is 41.1 Å². The maximum atomic E-state index is 10.9. The number of β-amino-alcohol motifs (C(OH)–C–C–N with tert-alkyl or cyclic N) is 1. The lowest BCUT2D eigenvalue weighted by Gasteiger charge is -2.44. The second kappa shape index (κ2) is 11.8.